The van der Waals surface area contributed by atoms with Crippen molar-refractivity contribution in [2.75, 3.05) is 27.7 Å². The number of ether oxygens (including phenoxy) is 1. The summed E-state index contributed by atoms with van der Waals surface area (Å²) in [6, 6.07) is 8.40. The molecular weight excluding hydrogens is 863 g/mol. The summed E-state index contributed by atoms with van der Waals surface area (Å²) in [5, 5.41) is 27.4. The van der Waals surface area contributed by atoms with Gasteiger partial charge in [0.2, 0.25) is 17.7 Å². The summed E-state index contributed by atoms with van der Waals surface area (Å²) < 4.78 is 6.04. The lowest BCUT2D eigenvalue weighted by atomic mass is 9.89. The van der Waals surface area contributed by atoms with E-state index in [0.29, 0.717) is 36.7 Å². The Hall–Kier alpha value is -5.30. The van der Waals surface area contributed by atoms with Crippen molar-refractivity contribution in [3.63, 3.8) is 0 Å². The van der Waals surface area contributed by atoms with Gasteiger partial charge < -0.3 is 34.9 Å². The van der Waals surface area contributed by atoms with Crippen molar-refractivity contribution < 1.29 is 53.3 Å². The lowest BCUT2D eigenvalue weighted by Gasteiger charge is -2.41. The van der Waals surface area contributed by atoms with E-state index < -0.39 is 60.3 Å². The molecule has 2 aliphatic rings. The number of hydrogen-bond donors (Lipinski definition) is 4. The molecule has 2 aromatic rings. The van der Waals surface area contributed by atoms with Crippen molar-refractivity contribution in [1.82, 2.24) is 35.4 Å². The molecule has 1 aromatic carbocycles. The van der Waals surface area contributed by atoms with E-state index in [1.54, 1.807) is 55.5 Å². The minimum absolute atomic E-state index is 0.00114. The fraction of sp³-hybridized carbons (Fsp3) is 0.633. The largest absolute Gasteiger partial charge is 0.480 e. The van der Waals surface area contributed by atoms with Gasteiger partial charge in [0.1, 0.15) is 18.3 Å². The number of hydroxylamine groups is 2. The molecule has 4 N–H and O–H groups in total. The van der Waals surface area contributed by atoms with Gasteiger partial charge in [-0.25, -0.2) is 4.79 Å². The normalized spacial score (nSPS) is 18.9. The monoisotopic (exact) mass is 936 g/mol. The third-order valence-electron chi connectivity index (χ3n) is 13.2. The highest BCUT2D eigenvalue weighted by Gasteiger charge is 2.41. The number of hydrogen-bond acceptors (Lipinski definition) is 13. The smallest absolute Gasteiger partial charge is 0.363 e. The zero-order valence-electron chi connectivity index (χ0n) is 40.8. The molecule has 2 aliphatic heterocycles. The first-order valence-corrected chi connectivity index (χ1v) is 23.5. The van der Waals surface area contributed by atoms with Gasteiger partial charge in [-0.15, -0.1) is 5.06 Å². The predicted molar refractivity (Wildman–Crippen MR) is 248 cm³/mol. The predicted octanol–water partition coefficient (Wildman–Crippen LogP) is 3.80. The molecular formula is C49H73N7O11. The fourth-order valence-electron chi connectivity index (χ4n) is 9.21. The molecule has 0 aliphatic carbocycles. The lowest BCUT2D eigenvalue weighted by Crippen LogP contribution is -2.59. The maximum atomic E-state index is 14.6. The molecule has 5 amide bonds. The number of carboxylic acids is 1. The van der Waals surface area contributed by atoms with Crippen LogP contribution in [-0.2, 0) is 51.3 Å². The van der Waals surface area contributed by atoms with E-state index in [0.717, 1.165) is 18.4 Å². The highest BCUT2D eigenvalue weighted by molar-refractivity contribution is 6.02. The van der Waals surface area contributed by atoms with Gasteiger partial charge in [0, 0.05) is 64.4 Å². The van der Waals surface area contributed by atoms with Crippen molar-refractivity contribution in [2.24, 2.45) is 23.7 Å². The second kappa shape index (κ2) is 25.2. The van der Waals surface area contributed by atoms with E-state index in [1.807, 2.05) is 58.3 Å². The molecule has 0 spiro atoms. The maximum Gasteiger partial charge on any atom is 0.363 e. The first-order valence-electron chi connectivity index (χ1n) is 23.5. The molecule has 18 nitrogen and oxygen atoms in total. The summed E-state index contributed by atoms with van der Waals surface area (Å²) in [7, 11) is 5.03. The summed E-state index contributed by atoms with van der Waals surface area (Å²) in [5.74, 6) is -4.81. The number of pyridine rings is 1. The molecule has 1 aromatic heterocycles. The quantitative estimate of drug-likeness (QED) is 0.0821. The third-order valence-corrected chi connectivity index (χ3v) is 13.2. The van der Waals surface area contributed by atoms with Crippen LogP contribution in [0.25, 0.3) is 0 Å². The van der Waals surface area contributed by atoms with Crippen LogP contribution in [0.4, 0.5) is 0 Å². The first kappa shape index (κ1) is 54.3. The number of nitrogens with one attached hydrogen (secondary N) is 2. The second-order valence-electron chi connectivity index (χ2n) is 18.9. The number of aliphatic hydroxyl groups is 1. The number of carboxylic acid groups (broad SMARTS) is 1. The van der Waals surface area contributed by atoms with Crippen LogP contribution >= 0.6 is 0 Å². The van der Waals surface area contributed by atoms with Crippen molar-refractivity contribution in [1.29, 1.82) is 0 Å². The number of benzene rings is 1. The van der Waals surface area contributed by atoms with Gasteiger partial charge in [0.15, 0.2) is 0 Å². The Morgan fingerprint density at radius 1 is 0.925 bits per heavy atom. The Morgan fingerprint density at radius 3 is 2.13 bits per heavy atom. The van der Waals surface area contributed by atoms with Gasteiger partial charge in [0.05, 0.1) is 30.2 Å². The molecule has 370 valence electrons. The molecule has 0 saturated carbocycles. The number of carbonyl (C=O) groups is 7. The number of likely N-dealkylation sites (tertiary alicyclic amines) is 1. The van der Waals surface area contributed by atoms with E-state index >= 15 is 0 Å². The van der Waals surface area contributed by atoms with Crippen molar-refractivity contribution in [3.05, 3.63) is 65.5 Å². The highest BCUT2D eigenvalue weighted by Crippen LogP contribution is 2.29. The van der Waals surface area contributed by atoms with Gasteiger partial charge in [-0.05, 0) is 79.8 Å². The van der Waals surface area contributed by atoms with E-state index in [9.17, 15) is 43.8 Å². The van der Waals surface area contributed by atoms with Crippen molar-refractivity contribution >= 4 is 41.5 Å². The highest BCUT2D eigenvalue weighted by atomic mass is 16.7. The van der Waals surface area contributed by atoms with Crippen LogP contribution in [0, 0.1) is 23.7 Å². The summed E-state index contributed by atoms with van der Waals surface area (Å²) in [6.07, 6.45) is 2.46. The first-order chi connectivity index (χ1) is 31.7. The lowest BCUT2D eigenvalue weighted by molar-refractivity contribution is -0.172. The Bertz CT molecular complexity index is 1990. The SMILES string of the molecule is CC[C@H](C)[C@@H]([C@@H](CC(=O)N1CCC[C@@H]1C[C@H](C)C(O)N[C@H](Cc1ccccn1)C(=O)O)OC)N(C)C(=O)C(NC(=O)C(C(C)C)N(C)Cc1ccc(C(=O)ON2C(=O)CCC2=O)cc1)C(C)C. The number of aliphatic hydroxyl groups excluding tert-OH is 1. The molecule has 3 heterocycles. The van der Waals surface area contributed by atoms with Gasteiger partial charge in [0.25, 0.3) is 11.8 Å². The number of aliphatic carboxylic acids is 1. The second-order valence-corrected chi connectivity index (χ2v) is 18.9. The Labute approximate surface area is 395 Å². The van der Waals surface area contributed by atoms with Gasteiger partial charge in [-0.1, -0.05) is 73.1 Å². The van der Waals surface area contributed by atoms with Crippen LogP contribution in [0.1, 0.15) is 115 Å². The number of aromatic nitrogens is 1. The average Bonchev–Trinajstić information content (AvgIpc) is 3.89. The number of amides is 5. The standard InChI is InChI=1S/C49H73N7O11/c1-11-31(6)44(38(66-10)27-41(59)55-24-14-16-36(55)25-32(7)45(60)51-37(48(63)64)26-35-15-12-13-23-50-35)54(9)47(62)42(29(2)3)52-46(61)43(30(4)5)53(8)28-33-17-19-34(20-18-33)49(65)67-56-39(57)21-22-40(56)58/h12-13,15,17-20,23,29-32,36-38,42-45,51,60H,11,14,16,21-22,24-28H2,1-10H3,(H,52,61)(H,63,64)/t31-,32-,36+,37+,38+,42?,43?,44-,45?/m0/s1. The Morgan fingerprint density at radius 2 is 1.58 bits per heavy atom. The molecule has 67 heavy (non-hydrogen) atoms. The molecule has 2 saturated heterocycles. The number of methoxy groups -OCH3 is 1. The van der Waals surface area contributed by atoms with E-state index in [-0.39, 0.29) is 78.7 Å². The number of nitrogens with zero attached hydrogens (tertiary/aromatic N) is 5. The summed E-state index contributed by atoms with van der Waals surface area (Å²) in [4.78, 5) is 106. The van der Waals surface area contributed by atoms with Gasteiger partial charge >= 0.3 is 11.9 Å². The zero-order valence-corrected chi connectivity index (χ0v) is 40.8. The van der Waals surface area contributed by atoms with Gasteiger partial charge in [-0.3, -0.25) is 44.0 Å². The Balaban J connectivity index is 1.41. The van der Waals surface area contributed by atoms with Crippen molar-refractivity contribution in [2.45, 2.75) is 149 Å². The van der Waals surface area contributed by atoms with Crippen LogP contribution in [0.3, 0.4) is 0 Å². The molecule has 0 radical (unpaired) electrons. The van der Waals surface area contributed by atoms with Crippen LogP contribution in [-0.4, -0.2) is 147 Å². The zero-order chi connectivity index (χ0) is 49.7. The van der Waals surface area contributed by atoms with Crippen LogP contribution in [0.15, 0.2) is 48.7 Å². The summed E-state index contributed by atoms with van der Waals surface area (Å²) in [6.45, 7) is 14.3. The Kier molecular flexibility index (Phi) is 20.4. The minimum atomic E-state index is -1.14. The van der Waals surface area contributed by atoms with Gasteiger partial charge in [-0.2, -0.15) is 0 Å². The molecule has 9 atom stereocenters. The maximum absolute atomic E-state index is 14.6. The van der Waals surface area contributed by atoms with E-state index in [1.165, 1.54) is 19.2 Å². The number of carbonyl (C=O) groups excluding carboxylic acids is 6. The molecule has 3 unspecified atom stereocenters. The summed E-state index contributed by atoms with van der Waals surface area (Å²) in [5.41, 5.74) is 1.51. The van der Waals surface area contributed by atoms with Crippen molar-refractivity contribution in [3.8, 4) is 0 Å². The van der Waals surface area contributed by atoms with Crippen LogP contribution in [0.5, 0.6) is 0 Å². The number of imide groups is 1. The fourth-order valence-corrected chi connectivity index (χ4v) is 9.21. The molecule has 0 bridgehead atoms. The molecule has 2 fully saturated rings. The van der Waals surface area contributed by atoms with Crippen LogP contribution < -0.4 is 10.6 Å². The molecule has 18 heteroatoms. The third kappa shape index (κ3) is 14.6. The number of rotatable bonds is 25. The topological polar surface area (TPSA) is 228 Å². The minimum Gasteiger partial charge on any atom is -0.480 e. The van der Waals surface area contributed by atoms with E-state index in [4.69, 9.17) is 9.57 Å². The number of likely N-dealkylation sites (N-methyl/N-ethyl adjacent to an activating group) is 2. The molecule has 4 rings (SSSR count). The van der Waals surface area contributed by atoms with Crippen LogP contribution in [0.2, 0.25) is 0 Å². The average molecular weight is 936 g/mol. The summed E-state index contributed by atoms with van der Waals surface area (Å²) >= 11 is 0. The van der Waals surface area contributed by atoms with E-state index in [2.05, 4.69) is 15.6 Å².